The second-order valence-electron chi connectivity index (χ2n) is 17.6. The summed E-state index contributed by atoms with van der Waals surface area (Å²) in [5.41, 5.74) is 11.8. The quantitative estimate of drug-likeness (QED) is 0.175. The molecule has 0 aliphatic heterocycles. The van der Waals surface area contributed by atoms with Gasteiger partial charge in [-0.1, -0.05) is 161 Å². The summed E-state index contributed by atoms with van der Waals surface area (Å²) >= 11 is 0. The summed E-state index contributed by atoms with van der Waals surface area (Å²) in [4.78, 5) is 15.4. The first kappa shape index (κ1) is 35.3. The molecule has 4 nitrogen and oxygen atoms in total. The van der Waals surface area contributed by atoms with E-state index in [9.17, 15) is 0 Å². The molecule has 4 heteroatoms. The van der Waals surface area contributed by atoms with Gasteiger partial charge in [0, 0.05) is 33.2 Å². The Morgan fingerprint density at radius 1 is 0.390 bits per heavy atom. The molecule has 10 aromatic rings. The van der Waals surface area contributed by atoms with Gasteiger partial charge in [0.25, 0.3) is 0 Å². The predicted octanol–water partition coefficient (Wildman–Crippen LogP) is 14.3. The normalized spacial score (nSPS) is 14.6. The lowest BCUT2D eigenvalue weighted by molar-refractivity contribution is 0.332. The molecule has 59 heavy (non-hydrogen) atoms. The van der Waals surface area contributed by atoms with Crippen LogP contribution in [0.25, 0.3) is 94.3 Å². The molecule has 0 amide bonds. The van der Waals surface area contributed by atoms with Gasteiger partial charge in [-0.15, -0.1) is 0 Å². The number of benzene rings is 8. The van der Waals surface area contributed by atoms with E-state index in [2.05, 4.69) is 184 Å². The van der Waals surface area contributed by atoms with Crippen LogP contribution >= 0.6 is 0 Å². The molecule has 2 heterocycles. The SMILES string of the molecule is CC1(C)CCC(C)(C)c2cc3c(cc21)c1cc2ccccc2cc1n3-c1cccc(-c2nc(-c3ccccc3)nc(-c3ccc(-c4cccc5ccccc45)cc3)n2)c1. The van der Waals surface area contributed by atoms with Crippen molar-refractivity contribution in [3.05, 3.63) is 181 Å². The first-order valence-electron chi connectivity index (χ1n) is 20.7. The van der Waals surface area contributed by atoms with Crippen LogP contribution in [0.3, 0.4) is 0 Å². The minimum absolute atomic E-state index is 0.0785. The molecule has 2 aromatic heterocycles. The molecule has 0 saturated carbocycles. The maximum absolute atomic E-state index is 5.20. The third kappa shape index (κ3) is 5.93. The standard InChI is InChI=1S/C55H44N4/c1-54(2)28-29-55(3,4)48-34-50-46(33-47(48)54)45-31-39-17-8-9-18-40(39)32-49(45)59(50)42-21-12-20-41(30-42)53-57-51(37-15-6-5-7-16-37)56-52(58-53)38-26-24-36(25-27-38)44-23-13-19-35-14-10-11-22-43(35)44/h5-27,30-34H,28-29H2,1-4H3. The Morgan fingerprint density at radius 2 is 0.898 bits per heavy atom. The fraction of sp³-hybridized carbons (Fsp3) is 0.145. The van der Waals surface area contributed by atoms with Crippen LogP contribution in [0.4, 0.5) is 0 Å². The zero-order valence-electron chi connectivity index (χ0n) is 33.9. The number of rotatable bonds is 5. The average Bonchev–Trinajstić information content (AvgIpc) is 3.59. The molecule has 0 N–H and O–H groups in total. The van der Waals surface area contributed by atoms with E-state index in [1.165, 1.54) is 66.5 Å². The van der Waals surface area contributed by atoms with Crippen LogP contribution in [0.1, 0.15) is 51.7 Å². The molecule has 0 spiro atoms. The van der Waals surface area contributed by atoms with Gasteiger partial charge in [-0.05, 0) is 104 Å². The van der Waals surface area contributed by atoms with E-state index in [4.69, 9.17) is 15.0 Å². The van der Waals surface area contributed by atoms with Crippen LogP contribution in [-0.4, -0.2) is 19.5 Å². The number of fused-ring (bicyclic) bond motifs is 6. The van der Waals surface area contributed by atoms with Crippen molar-refractivity contribution in [3.8, 4) is 51.0 Å². The van der Waals surface area contributed by atoms with Gasteiger partial charge in [0.15, 0.2) is 17.5 Å². The van der Waals surface area contributed by atoms with Crippen molar-refractivity contribution in [2.24, 2.45) is 0 Å². The molecule has 1 aliphatic carbocycles. The first-order valence-corrected chi connectivity index (χ1v) is 20.7. The Kier molecular flexibility index (Phi) is 7.96. The highest BCUT2D eigenvalue weighted by molar-refractivity contribution is 6.14. The van der Waals surface area contributed by atoms with Crippen molar-refractivity contribution >= 4 is 43.4 Å². The predicted molar refractivity (Wildman–Crippen MR) is 246 cm³/mol. The lowest BCUT2D eigenvalue weighted by Crippen LogP contribution is -2.33. The van der Waals surface area contributed by atoms with Crippen LogP contribution in [0.5, 0.6) is 0 Å². The van der Waals surface area contributed by atoms with Gasteiger partial charge in [0.1, 0.15) is 0 Å². The van der Waals surface area contributed by atoms with E-state index < -0.39 is 0 Å². The van der Waals surface area contributed by atoms with Gasteiger partial charge in [0.05, 0.1) is 11.0 Å². The van der Waals surface area contributed by atoms with E-state index in [1.807, 2.05) is 18.2 Å². The Labute approximate surface area is 344 Å². The summed E-state index contributed by atoms with van der Waals surface area (Å²) in [6.45, 7) is 9.65. The maximum Gasteiger partial charge on any atom is 0.164 e. The molecule has 0 bridgehead atoms. The van der Waals surface area contributed by atoms with E-state index in [0.717, 1.165) is 34.4 Å². The molecule has 0 radical (unpaired) electrons. The molecule has 8 aromatic carbocycles. The minimum atomic E-state index is 0.0785. The number of aromatic nitrogens is 4. The Morgan fingerprint density at radius 3 is 1.63 bits per heavy atom. The molecule has 0 atom stereocenters. The molecule has 0 saturated heterocycles. The summed E-state index contributed by atoms with van der Waals surface area (Å²) < 4.78 is 2.46. The molecular formula is C55H44N4. The third-order valence-corrected chi connectivity index (χ3v) is 12.9. The molecule has 11 rings (SSSR count). The second kappa shape index (κ2) is 13.3. The van der Waals surface area contributed by atoms with Crippen molar-refractivity contribution in [1.82, 2.24) is 19.5 Å². The third-order valence-electron chi connectivity index (χ3n) is 12.9. The topological polar surface area (TPSA) is 43.6 Å². The largest absolute Gasteiger partial charge is 0.309 e. The summed E-state index contributed by atoms with van der Waals surface area (Å²) in [6, 6.07) is 61.1. The van der Waals surface area contributed by atoms with Gasteiger partial charge in [-0.2, -0.15) is 0 Å². The van der Waals surface area contributed by atoms with Crippen molar-refractivity contribution in [1.29, 1.82) is 0 Å². The van der Waals surface area contributed by atoms with Crippen LogP contribution in [0, 0.1) is 0 Å². The Hall–Kier alpha value is -6.91. The molecule has 284 valence electrons. The summed E-state index contributed by atoms with van der Waals surface area (Å²) in [7, 11) is 0. The van der Waals surface area contributed by atoms with Crippen molar-refractivity contribution in [2.45, 2.75) is 51.4 Å². The maximum atomic E-state index is 5.20. The monoisotopic (exact) mass is 760 g/mol. The van der Waals surface area contributed by atoms with E-state index in [-0.39, 0.29) is 10.8 Å². The minimum Gasteiger partial charge on any atom is -0.309 e. The summed E-state index contributed by atoms with van der Waals surface area (Å²) in [5, 5.41) is 7.51. The second-order valence-corrected chi connectivity index (χ2v) is 17.6. The Balaban J connectivity index is 1.09. The van der Waals surface area contributed by atoms with Gasteiger partial charge in [-0.3, -0.25) is 0 Å². The van der Waals surface area contributed by atoms with E-state index in [0.29, 0.717) is 17.5 Å². The van der Waals surface area contributed by atoms with Gasteiger partial charge in [0.2, 0.25) is 0 Å². The molecule has 0 fully saturated rings. The highest BCUT2D eigenvalue weighted by atomic mass is 15.0. The zero-order valence-corrected chi connectivity index (χ0v) is 33.9. The van der Waals surface area contributed by atoms with Crippen LogP contribution < -0.4 is 0 Å². The van der Waals surface area contributed by atoms with Crippen LogP contribution in [0.15, 0.2) is 170 Å². The highest BCUT2D eigenvalue weighted by Crippen LogP contribution is 2.49. The molecule has 1 aliphatic rings. The van der Waals surface area contributed by atoms with Crippen LogP contribution in [0.2, 0.25) is 0 Å². The van der Waals surface area contributed by atoms with Gasteiger partial charge >= 0.3 is 0 Å². The van der Waals surface area contributed by atoms with Crippen molar-refractivity contribution < 1.29 is 0 Å². The smallest absolute Gasteiger partial charge is 0.164 e. The molecule has 0 unspecified atom stereocenters. The van der Waals surface area contributed by atoms with E-state index >= 15 is 0 Å². The van der Waals surface area contributed by atoms with Gasteiger partial charge < -0.3 is 4.57 Å². The number of hydrogen-bond acceptors (Lipinski definition) is 3. The Bertz CT molecular complexity index is 3260. The van der Waals surface area contributed by atoms with Crippen molar-refractivity contribution in [2.75, 3.05) is 0 Å². The van der Waals surface area contributed by atoms with Crippen molar-refractivity contribution in [3.63, 3.8) is 0 Å². The summed E-state index contributed by atoms with van der Waals surface area (Å²) in [5.74, 6) is 1.93. The highest BCUT2D eigenvalue weighted by Gasteiger charge is 2.38. The van der Waals surface area contributed by atoms with Crippen LogP contribution in [-0.2, 0) is 10.8 Å². The summed E-state index contributed by atoms with van der Waals surface area (Å²) in [6.07, 6.45) is 2.34. The number of hydrogen-bond donors (Lipinski definition) is 0. The fourth-order valence-electron chi connectivity index (χ4n) is 9.45. The number of nitrogens with zero attached hydrogens (tertiary/aromatic N) is 4. The lowest BCUT2D eigenvalue weighted by atomic mass is 9.63. The van der Waals surface area contributed by atoms with E-state index in [1.54, 1.807) is 0 Å². The fourth-order valence-corrected chi connectivity index (χ4v) is 9.45. The molecular weight excluding hydrogens is 717 g/mol. The first-order chi connectivity index (χ1) is 28.7. The lowest BCUT2D eigenvalue weighted by Gasteiger charge is -2.42. The van der Waals surface area contributed by atoms with Gasteiger partial charge in [-0.25, -0.2) is 15.0 Å². The zero-order chi connectivity index (χ0) is 39.9. The average molecular weight is 761 g/mol.